The van der Waals surface area contributed by atoms with E-state index >= 15 is 0 Å². The molecule has 0 radical (unpaired) electrons. The Hall–Kier alpha value is -2.85. The lowest BCUT2D eigenvalue weighted by molar-refractivity contribution is -0.0373. The Balaban J connectivity index is 1.47. The molecule has 2 aromatic rings. The molecule has 1 aromatic carbocycles. The maximum atomic E-state index is 14.3. The molecule has 1 atom stereocenters. The number of likely N-dealkylation sites (tertiary alicyclic amines) is 1. The average Bonchev–Trinajstić information content (AvgIpc) is 3.35. The van der Waals surface area contributed by atoms with Crippen molar-refractivity contribution in [2.24, 2.45) is 11.3 Å². The average molecular weight is 584 g/mol. The Bertz CT molecular complexity index is 1230. The molecule has 2 aliphatic heterocycles. The summed E-state index contributed by atoms with van der Waals surface area (Å²) < 4.78 is 20.5. The molecule has 1 aromatic heterocycles. The Labute approximate surface area is 251 Å². The smallest absolute Gasteiger partial charge is 0.282 e. The normalized spacial score (nSPS) is 17.8. The zero-order chi connectivity index (χ0) is 30.8. The first-order valence-electron chi connectivity index (χ1n) is 15.4. The summed E-state index contributed by atoms with van der Waals surface area (Å²) >= 11 is 0. The van der Waals surface area contributed by atoms with Crippen LogP contribution in [0.15, 0.2) is 24.5 Å². The zero-order valence-electron chi connectivity index (χ0n) is 27.0. The van der Waals surface area contributed by atoms with Gasteiger partial charge in [0.15, 0.2) is 5.82 Å². The number of carbonyl (C=O) groups is 1. The van der Waals surface area contributed by atoms with E-state index in [2.05, 4.69) is 71.7 Å². The lowest BCUT2D eigenvalue weighted by atomic mass is 9.76. The summed E-state index contributed by atoms with van der Waals surface area (Å²) in [4.78, 5) is 26.8. The molecule has 1 spiro atoms. The monoisotopic (exact) mass is 583 g/mol. The highest BCUT2D eigenvalue weighted by Crippen LogP contribution is 2.45. The minimum atomic E-state index is -0.496. The Morgan fingerprint density at radius 1 is 1.17 bits per heavy atom. The van der Waals surface area contributed by atoms with Crippen LogP contribution in [0.3, 0.4) is 0 Å². The first-order chi connectivity index (χ1) is 19.8. The molecule has 1 amide bonds. The number of nitrogens with zero attached hydrogens (tertiary/aromatic N) is 7. The number of hydrogen-bond donors (Lipinski definition) is 0. The van der Waals surface area contributed by atoms with Gasteiger partial charge in [-0.25, -0.2) is 9.37 Å². The van der Waals surface area contributed by atoms with E-state index in [0.717, 1.165) is 39.0 Å². The Morgan fingerprint density at radius 3 is 2.50 bits per heavy atom. The maximum Gasteiger partial charge on any atom is 0.282 e. The molecule has 0 aliphatic carbocycles. The third kappa shape index (κ3) is 6.86. The molecule has 232 valence electrons. The summed E-state index contributed by atoms with van der Waals surface area (Å²) in [6, 6.07) is 4.52. The molecule has 42 heavy (non-hydrogen) atoms. The third-order valence-corrected chi connectivity index (χ3v) is 9.49. The van der Waals surface area contributed by atoms with Gasteiger partial charge in [0, 0.05) is 55.8 Å². The van der Waals surface area contributed by atoms with Crippen molar-refractivity contribution < 1.29 is 13.9 Å². The predicted octanol–water partition coefficient (Wildman–Crippen LogP) is 5.33. The van der Waals surface area contributed by atoms with E-state index in [1.165, 1.54) is 30.9 Å². The fraction of sp³-hybridized carbons (Fsp3) is 0.688. The highest BCUT2D eigenvalue weighted by Gasteiger charge is 2.50. The van der Waals surface area contributed by atoms with Crippen LogP contribution >= 0.6 is 0 Å². The van der Waals surface area contributed by atoms with Crippen molar-refractivity contribution in [1.29, 1.82) is 0 Å². The van der Waals surface area contributed by atoms with Gasteiger partial charge in [0.05, 0.1) is 5.56 Å². The van der Waals surface area contributed by atoms with Crippen LogP contribution in [0.5, 0.6) is 11.6 Å². The van der Waals surface area contributed by atoms with E-state index in [4.69, 9.17) is 4.74 Å². The number of amides is 1. The van der Waals surface area contributed by atoms with E-state index < -0.39 is 5.82 Å². The summed E-state index contributed by atoms with van der Waals surface area (Å²) in [6.45, 7) is 19.4. The van der Waals surface area contributed by atoms with E-state index in [-0.39, 0.29) is 40.1 Å². The molecule has 0 bridgehead atoms. The second-order valence-corrected chi connectivity index (χ2v) is 13.6. The van der Waals surface area contributed by atoms with Gasteiger partial charge in [-0.3, -0.25) is 9.69 Å². The zero-order valence-corrected chi connectivity index (χ0v) is 27.0. The molecule has 0 N–H and O–H groups in total. The minimum Gasteiger partial charge on any atom is -0.434 e. The summed E-state index contributed by atoms with van der Waals surface area (Å²) in [5.74, 6) is 0.883. The third-order valence-electron chi connectivity index (χ3n) is 9.49. The predicted molar refractivity (Wildman–Crippen MR) is 165 cm³/mol. The molecular formula is C32H50FN7O2. The van der Waals surface area contributed by atoms with Crippen LogP contribution in [0, 0.1) is 17.2 Å². The van der Waals surface area contributed by atoms with E-state index in [9.17, 15) is 9.18 Å². The molecule has 1 unspecified atom stereocenters. The molecular weight excluding hydrogens is 533 g/mol. The van der Waals surface area contributed by atoms with Crippen LogP contribution in [0.4, 0.5) is 10.2 Å². The molecule has 3 heterocycles. The van der Waals surface area contributed by atoms with Crippen LogP contribution in [0.2, 0.25) is 0 Å². The van der Waals surface area contributed by atoms with Crippen LogP contribution in [-0.2, 0) is 0 Å². The molecule has 9 nitrogen and oxygen atoms in total. The number of ether oxygens (including phenoxy) is 1. The summed E-state index contributed by atoms with van der Waals surface area (Å²) in [7, 11) is 4.33. The van der Waals surface area contributed by atoms with Crippen LogP contribution < -0.4 is 9.64 Å². The van der Waals surface area contributed by atoms with Crippen molar-refractivity contribution in [2.45, 2.75) is 85.4 Å². The number of halogens is 1. The van der Waals surface area contributed by atoms with Gasteiger partial charge in [-0.05, 0) is 92.1 Å². The molecule has 2 aliphatic rings. The highest BCUT2D eigenvalue weighted by molar-refractivity contribution is 5.97. The van der Waals surface area contributed by atoms with Crippen molar-refractivity contribution in [1.82, 2.24) is 29.9 Å². The lowest BCUT2D eigenvalue weighted by Gasteiger charge is -2.53. The van der Waals surface area contributed by atoms with Crippen molar-refractivity contribution in [3.05, 3.63) is 35.9 Å². The number of aromatic nitrogens is 3. The highest BCUT2D eigenvalue weighted by atomic mass is 19.1. The second-order valence-electron chi connectivity index (χ2n) is 13.6. The minimum absolute atomic E-state index is 0.0371. The Morgan fingerprint density at radius 2 is 1.88 bits per heavy atom. The number of benzene rings is 1. The molecule has 4 rings (SSSR count). The summed E-state index contributed by atoms with van der Waals surface area (Å²) in [6.07, 6.45) is 4.84. The van der Waals surface area contributed by atoms with Gasteiger partial charge in [-0.2, -0.15) is 0 Å². The SMILES string of the molecule is CCN(C(=O)c1cc(F)ccc1Oc1nncnc1N1CCC2(C1)CN(C(CCC(C)(C)N(C)C)C(C)C)C2)C(C)C. The van der Waals surface area contributed by atoms with Gasteiger partial charge in [0.2, 0.25) is 0 Å². The van der Waals surface area contributed by atoms with Crippen LogP contribution in [-0.4, -0.2) is 100 Å². The van der Waals surface area contributed by atoms with Crippen molar-refractivity contribution in [3.63, 3.8) is 0 Å². The van der Waals surface area contributed by atoms with Crippen LogP contribution in [0.1, 0.15) is 78.1 Å². The van der Waals surface area contributed by atoms with Crippen molar-refractivity contribution >= 4 is 11.7 Å². The van der Waals surface area contributed by atoms with Gasteiger partial charge in [-0.1, -0.05) is 13.8 Å². The van der Waals surface area contributed by atoms with E-state index in [0.29, 0.717) is 24.3 Å². The van der Waals surface area contributed by atoms with Crippen molar-refractivity contribution in [3.8, 4) is 11.6 Å². The molecule has 2 saturated heterocycles. The van der Waals surface area contributed by atoms with Gasteiger partial charge >= 0.3 is 0 Å². The first-order valence-corrected chi connectivity index (χ1v) is 15.4. The fourth-order valence-corrected chi connectivity index (χ4v) is 6.39. The van der Waals surface area contributed by atoms with Gasteiger partial charge < -0.3 is 19.4 Å². The lowest BCUT2D eigenvalue weighted by Crippen LogP contribution is -2.62. The number of anilines is 1. The number of rotatable bonds is 12. The van der Waals surface area contributed by atoms with E-state index in [1.54, 1.807) is 4.90 Å². The molecule has 10 heteroatoms. The van der Waals surface area contributed by atoms with Crippen molar-refractivity contribution in [2.75, 3.05) is 51.7 Å². The standard InChI is InChI=1S/C32H50FN7O2/c1-10-40(23(4)5)30(41)25-17-24(33)11-12-27(25)42-29-28(34-21-35-36-29)38-16-15-32(18-38)19-39(20-32)26(22(2)3)13-14-31(6,7)37(8)9/h11-12,17,21-23,26H,10,13-16,18-20H2,1-9H3. The van der Waals surface area contributed by atoms with E-state index in [1.807, 2.05) is 20.8 Å². The quantitative estimate of drug-likeness (QED) is 0.332. The molecule has 0 saturated carbocycles. The number of carbonyl (C=O) groups excluding carboxylic acids is 1. The number of hydrogen-bond acceptors (Lipinski definition) is 8. The topological polar surface area (TPSA) is 77.9 Å². The maximum absolute atomic E-state index is 14.3. The van der Waals surface area contributed by atoms with Crippen LogP contribution in [0.25, 0.3) is 0 Å². The second kappa shape index (κ2) is 12.8. The first kappa shape index (κ1) is 32.1. The Kier molecular flexibility index (Phi) is 9.77. The van der Waals surface area contributed by atoms with Gasteiger partial charge in [-0.15, -0.1) is 10.2 Å². The molecule has 2 fully saturated rings. The summed E-state index contributed by atoms with van der Waals surface area (Å²) in [5.41, 5.74) is 0.545. The summed E-state index contributed by atoms with van der Waals surface area (Å²) in [5, 5.41) is 8.22. The largest absolute Gasteiger partial charge is 0.434 e. The van der Waals surface area contributed by atoms with Gasteiger partial charge in [0.25, 0.3) is 11.8 Å². The van der Waals surface area contributed by atoms with Gasteiger partial charge in [0.1, 0.15) is 17.9 Å². The fourth-order valence-electron chi connectivity index (χ4n) is 6.39.